The summed E-state index contributed by atoms with van der Waals surface area (Å²) in [4.78, 5) is 46.0. The molecule has 0 aliphatic carbocycles. The molecule has 0 radical (unpaired) electrons. The van der Waals surface area contributed by atoms with Crippen LogP contribution in [0, 0.1) is 0 Å². The van der Waals surface area contributed by atoms with Crippen LogP contribution in [0.15, 0.2) is 60.8 Å². The van der Waals surface area contributed by atoms with E-state index in [0.717, 1.165) is 44.9 Å². The van der Waals surface area contributed by atoms with Gasteiger partial charge in [0, 0.05) is 12.8 Å². The zero-order valence-corrected chi connectivity index (χ0v) is 41.2. The lowest BCUT2D eigenvalue weighted by molar-refractivity contribution is -0.147. The van der Waals surface area contributed by atoms with Gasteiger partial charge in [-0.2, -0.15) is 0 Å². The molecule has 0 aromatic rings. The summed E-state index contributed by atoms with van der Waals surface area (Å²) < 4.78 is 26.9. The Kier molecular flexibility index (Phi) is 44.6. The van der Waals surface area contributed by atoms with Crippen LogP contribution in [0.3, 0.4) is 0 Å². The average Bonchev–Trinajstić information content (AvgIpc) is 3.27. The number of hydrogen-bond acceptors (Lipinski definition) is 8. The third-order valence-electron chi connectivity index (χ3n) is 10.8. The number of carbonyl (C=O) groups excluding carboxylic acids is 2. The SMILES string of the molecule is CCCCC/C=C\C/C=C\C/C=C\C/C=C\CCCC(=O)NC(COP(=O)(O)OCC(O)COC(=O)CCCCCCCCCCCCCCC/C=C/CCCCCCCC)C(=O)O. The van der Waals surface area contributed by atoms with Crippen molar-refractivity contribution in [1.29, 1.82) is 0 Å². The molecule has 4 N–H and O–H groups in total. The molecule has 0 aromatic heterocycles. The third-order valence-corrected chi connectivity index (χ3v) is 11.7. The molecule has 0 heterocycles. The molecular weight excluding hydrogens is 830 g/mol. The highest BCUT2D eigenvalue weighted by Crippen LogP contribution is 2.43. The fourth-order valence-corrected chi connectivity index (χ4v) is 7.60. The normalized spacial score (nSPS) is 14.1. The molecule has 0 rings (SSSR count). The van der Waals surface area contributed by atoms with E-state index >= 15 is 0 Å². The Labute approximate surface area is 389 Å². The lowest BCUT2D eigenvalue weighted by Gasteiger charge is -2.18. The van der Waals surface area contributed by atoms with Gasteiger partial charge in [-0.3, -0.25) is 18.6 Å². The Morgan fingerprint density at radius 1 is 0.500 bits per heavy atom. The molecule has 0 saturated carbocycles. The number of hydrogen-bond donors (Lipinski definition) is 4. The maximum Gasteiger partial charge on any atom is 0.472 e. The Morgan fingerprint density at radius 3 is 1.36 bits per heavy atom. The molecule has 0 fully saturated rings. The Bertz CT molecular complexity index is 1310. The summed E-state index contributed by atoms with van der Waals surface area (Å²) in [6.45, 7) is 2.54. The van der Waals surface area contributed by atoms with Crippen molar-refractivity contribution in [3.05, 3.63) is 60.8 Å². The first kappa shape index (κ1) is 61.2. The predicted octanol–water partition coefficient (Wildman–Crippen LogP) is 13.9. The van der Waals surface area contributed by atoms with E-state index < -0.39 is 57.6 Å². The van der Waals surface area contributed by atoms with Gasteiger partial charge in [0.05, 0.1) is 13.2 Å². The summed E-state index contributed by atoms with van der Waals surface area (Å²) in [5.41, 5.74) is 0. The van der Waals surface area contributed by atoms with E-state index in [1.54, 1.807) is 0 Å². The number of aliphatic carboxylic acids is 1. The number of rotatable bonds is 47. The summed E-state index contributed by atoms with van der Waals surface area (Å²) in [5, 5.41) is 21.9. The average molecular weight is 922 g/mol. The van der Waals surface area contributed by atoms with Gasteiger partial charge in [-0.1, -0.05) is 190 Å². The van der Waals surface area contributed by atoms with Crippen molar-refractivity contribution in [2.24, 2.45) is 0 Å². The van der Waals surface area contributed by atoms with E-state index in [9.17, 15) is 34.1 Å². The highest BCUT2D eigenvalue weighted by atomic mass is 31.2. The molecule has 0 saturated heterocycles. The second-order valence-electron chi connectivity index (χ2n) is 17.0. The van der Waals surface area contributed by atoms with E-state index in [0.29, 0.717) is 19.3 Å². The van der Waals surface area contributed by atoms with Gasteiger partial charge in [0.2, 0.25) is 5.91 Å². The first-order valence-electron chi connectivity index (χ1n) is 25.3. The number of nitrogens with one attached hydrogen (secondary N) is 1. The molecule has 3 atom stereocenters. The number of carboxylic acids is 1. The van der Waals surface area contributed by atoms with Gasteiger partial charge < -0.3 is 25.2 Å². The molecule has 11 nitrogen and oxygen atoms in total. The van der Waals surface area contributed by atoms with Crippen LogP contribution in [-0.2, 0) is 32.7 Å². The van der Waals surface area contributed by atoms with Gasteiger partial charge in [-0.15, -0.1) is 0 Å². The largest absolute Gasteiger partial charge is 0.480 e. The Morgan fingerprint density at radius 2 is 0.875 bits per heavy atom. The van der Waals surface area contributed by atoms with Crippen molar-refractivity contribution >= 4 is 25.7 Å². The molecule has 12 heteroatoms. The van der Waals surface area contributed by atoms with Crippen LogP contribution in [0.2, 0.25) is 0 Å². The number of esters is 1. The van der Waals surface area contributed by atoms with Crippen molar-refractivity contribution in [1.82, 2.24) is 5.32 Å². The summed E-state index contributed by atoms with van der Waals surface area (Å²) in [5.74, 6) is -2.45. The molecule has 3 unspecified atom stereocenters. The molecule has 1 amide bonds. The van der Waals surface area contributed by atoms with Gasteiger partial charge in [0.1, 0.15) is 12.7 Å². The highest BCUT2D eigenvalue weighted by molar-refractivity contribution is 7.47. The van der Waals surface area contributed by atoms with E-state index in [-0.39, 0.29) is 12.8 Å². The van der Waals surface area contributed by atoms with E-state index in [1.165, 1.54) is 128 Å². The van der Waals surface area contributed by atoms with Crippen molar-refractivity contribution in [3.63, 3.8) is 0 Å². The first-order valence-corrected chi connectivity index (χ1v) is 26.8. The number of carbonyl (C=O) groups is 3. The zero-order chi connectivity index (χ0) is 47.0. The highest BCUT2D eigenvalue weighted by Gasteiger charge is 2.28. The molecule has 370 valence electrons. The number of aliphatic hydroxyl groups excluding tert-OH is 1. The van der Waals surface area contributed by atoms with Crippen molar-refractivity contribution < 1.29 is 47.8 Å². The Balaban J connectivity index is 3.87. The molecule has 0 aromatic carbocycles. The summed E-state index contributed by atoms with van der Waals surface area (Å²) in [7, 11) is -4.78. The summed E-state index contributed by atoms with van der Waals surface area (Å²) in [6, 6.07) is -1.58. The van der Waals surface area contributed by atoms with Crippen LogP contribution >= 0.6 is 7.82 Å². The minimum Gasteiger partial charge on any atom is -0.480 e. The lowest BCUT2D eigenvalue weighted by atomic mass is 10.0. The number of aliphatic hydroxyl groups is 1. The van der Waals surface area contributed by atoms with Gasteiger partial charge in [-0.25, -0.2) is 9.36 Å². The second kappa shape index (κ2) is 46.7. The number of amides is 1. The van der Waals surface area contributed by atoms with Crippen molar-refractivity contribution in [3.8, 4) is 0 Å². The van der Waals surface area contributed by atoms with Crippen LogP contribution in [0.5, 0.6) is 0 Å². The zero-order valence-electron chi connectivity index (χ0n) is 40.3. The number of carboxylic acid groups (broad SMARTS) is 1. The van der Waals surface area contributed by atoms with Crippen LogP contribution in [0.4, 0.5) is 0 Å². The summed E-state index contributed by atoms with van der Waals surface area (Å²) in [6.07, 6.45) is 55.4. The van der Waals surface area contributed by atoms with Gasteiger partial charge in [0.15, 0.2) is 6.04 Å². The van der Waals surface area contributed by atoms with Gasteiger partial charge >= 0.3 is 19.8 Å². The van der Waals surface area contributed by atoms with Crippen molar-refractivity contribution in [2.45, 2.75) is 231 Å². The fourth-order valence-electron chi connectivity index (χ4n) is 6.83. The molecule has 64 heavy (non-hydrogen) atoms. The maximum absolute atomic E-state index is 12.3. The topological polar surface area (TPSA) is 169 Å². The number of ether oxygens (including phenoxy) is 1. The quantitative estimate of drug-likeness (QED) is 0.0199. The molecular formula is C52H92NO10P. The molecule has 0 spiro atoms. The molecule has 0 bridgehead atoms. The van der Waals surface area contributed by atoms with Crippen LogP contribution in [0.1, 0.15) is 219 Å². The number of phosphoric acid groups is 1. The molecule has 0 aliphatic rings. The monoisotopic (exact) mass is 922 g/mol. The van der Waals surface area contributed by atoms with E-state index in [1.807, 2.05) is 12.2 Å². The lowest BCUT2D eigenvalue weighted by Crippen LogP contribution is -2.43. The number of unbranched alkanes of at least 4 members (excludes halogenated alkanes) is 23. The van der Waals surface area contributed by atoms with E-state index in [2.05, 4.69) is 67.8 Å². The Hall–Kier alpha value is -2.82. The third kappa shape index (κ3) is 45.7. The summed E-state index contributed by atoms with van der Waals surface area (Å²) >= 11 is 0. The van der Waals surface area contributed by atoms with Gasteiger partial charge in [-0.05, 0) is 77.0 Å². The van der Waals surface area contributed by atoms with Crippen LogP contribution in [-0.4, -0.2) is 64.9 Å². The van der Waals surface area contributed by atoms with E-state index in [4.69, 9.17) is 13.8 Å². The standard InChI is InChI=1S/C52H92NO10P/c1-3-5-7-9-11-13-15-17-19-21-22-23-24-25-26-28-30-32-34-36-38-40-42-44-51(56)61-45-48(54)46-62-64(59,60)63-47-49(52(57)58)53-50(55)43-41-39-37-35-33-31-29-27-20-18-16-14-12-10-8-6-4-2/h12,14,17-20,29,31,35,37,48-49,54H,3-11,13,15-16,21-28,30,32-34,36,38-47H2,1-2H3,(H,53,55)(H,57,58)(H,59,60)/b14-12-,19-17+,20-18-,31-29-,37-35-. The van der Waals surface area contributed by atoms with Gasteiger partial charge in [0.25, 0.3) is 0 Å². The van der Waals surface area contributed by atoms with Crippen molar-refractivity contribution in [2.75, 3.05) is 19.8 Å². The second-order valence-corrected chi connectivity index (χ2v) is 18.5. The maximum atomic E-state index is 12.3. The number of allylic oxidation sites excluding steroid dienone is 10. The first-order chi connectivity index (χ1) is 31.1. The molecule has 0 aliphatic heterocycles. The fraction of sp³-hybridized carbons (Fsp3) is 0.750. The smallest absolute Gasteiger partial charge is 0.472 e. The van der Waals surface area contributed by atoms with Crippen LogP contribution in [0.25, 0.3) is 0 Å². The minimum absolute atomic E-state index is 0.0680. The van der Waals surface area contributed by atoms with Crippen LogP contribution < -0.4 is 5.32 Å². The minimum atomic E-state index is -4.78. The predicted molar refractivity (Wildman–Crippen MR) is 263 cm³/mol. The number of phosphoric ester groups is 1.